The van der Waals surface area contributed by atoms with Crippen molar-refractivity contribution in [2.24, 2.45) is 0 Å². The molecule has 6 nitrogen and oxygen atoms in total. The first-order valence-electron chi connectivity index (χ1n) is 6.24. The van der Waals surface area contributed by atoms with Crippen LogP contribution in [-0.2, 0) is 9.53 Å². The molecule has 1 fully saturated rings. The minimum atomic E-state index is -0.259. The zero-order chi connectivity index (χ0) is 14.5. The highest BCUT2D eigenvalue weighted by Crippen LogP contribution is 2.06. The molecule has 1 aliphatic rings. The topological polar surface area (TPSA) is 82.4 Å². The van der Waals surface area contributed by atoms with Crippen LogP contribution in [0.3, 0.4) is 0 Å². The summed E-state index contributed by atoms with van der Waals surface area (Å²) >= 11 is 0. The monoisotopic (exact) mass is 273 g/mol. The number of amides is 2. The van der Waals surface area contributed by atoms with Crippen LogP contribution < -0.4 is 5.32 Å². The van der Waals surface area contributed by atoms with Crippen molar-refractivity contribution in [2.75, 3.05) is 26.7 Å². The number of carbonyl (C=O) groups excluding carboxylic acids is 2. The number of nitrogens with zero attached hydrogens (tertiary/aromatic N) is 2. The molecule has 1 aromatic carbocycles. The summed E-state index contributed by atoms with van der Waals surface area (Å²) in [4.78, 5) is 24.8. The number of rotatable bonds is 3. The summed E-state index contributed by atoms with van der Waals surface area (Å²) in [5.74, 6) is -0.320. The maximum absolute atomic E-state index is 11.9. The number of likely N-dealkylation sites (N-methyl/N-ethyl adjacent to an activating group) is 1. The van der Waals surface area contributed by atoms with Crippen LogP contribution >= 0.6 is 0 Å². The van der Waals surface area contributed by atoms with Crippen molar-refractivity contribution in [1.29, 1.82) is 5.26 Å². The summed E-state index contributed by atoms with van der Waals surface area (Å²) in [7, 11) is 1.70. The molecule has 1 unspecified atom stereocenters. The zero-order valence-electron chi connectivity index (χ0n) is 11.1. The lowest BCUT2D eigenvalue weighted by Gasteiger charge is -2.29. The van der Waals surface area contributed by atoms with Gasteiger partial charge in [-0.1, -0.05) is 6.07 Å². The second-order valence-electron chi connectivity index (χ2n) is 4.61. The Hall–Kier alpha value is -2.39. The molecule has 1 aliphatic heterocycles. The molecule has 2 rings (SSSR count). The Kier molecular flexibility index (Phi) is 4.33. The van der Waals surface area contributed by atoms with Gasteiger partial charge in [-0.15, -0.1) is 0 Å². The summed E-state index contributed by atoms with van der Waals surface area (Å²) < 4.78 is 5.33. The molecule has 1 N–H and O–H groups in total. The van der Waals surface area contributed by atoms with Crippen molar-refractivity contribution in [2.45, 2.75) is 6.10 Å². The van der Waals surface area contributed by atoms with Gasteiger partial charge in [-0.05, 0) is 18.2 Å². The van der Waals surface area contributed by atoms with Gasteiger partial charge in [-0.25, -0.2) is 0 Å². The van der Waals surface area contributed by atoms with E-state index in [1.807, 2.05) is 6.07 Å². The normalized spacial score (nSPS) is 18.5. The molecular formula is C14H15N3O3. The number of nitriles is 1. The number of nitrogens with one attached hydrogen (secondary N) is 1. The molecule has 104 valence electrons. The van der Waals surface area contributed by atoms with Crippen molar-refractivity contribution < 1.29 is 14.3 Å². The van der Waals surface area contributed by atoms with Crippen LogP contribution in [0.4, 0.5) is 0 Å². The van der Waals surface area contributed by atoms with Gasteiger partial charge in [0.25, 0.3) is 5.91 Å². The standard InChI is InChI=1S/C14H15N3O3/c1-17-8-12(20-9-13(17)18)7-16-14(19)11-4-2-3-10(5-11)6-15/h2-5,12H,7-9H2,1H3,(H,16,19). The second-order valence-corrected chi connectivity index (χ2v) is 4.61. The average Bonchev–Trinajstić information content (AvgIpc) is 2.48. The van der Waals surface area contributed by atoms with Crippen LogP contribution in [0.2, 0.25) is 0 Å². The lowest BCUT2D eigenvalue weighted by atomic mass is 10.1. The van der Waals surface area contributed by atoms with E-state index in [2.05, 4.69) is 5.32 Å². The van der Waals surface area contributed by atoms with Gasteiger partial charge in [0, 0.05) is 25.7 Å². The molecule has 0 radical (unpaired) electrons. The predicted molar refractivity (Wildman–Crippen MR) is 70.9 cm³/mol. The Labute approximate surface area is 116 Å². The number of hydrogen-bond acceptors (Lipinski definition) is 4. The molecule has 20 heavy (non-hydrogen) atoms. The molecule has 1 atom stereocenters. The van der Waals surface area contributed by atoms with E-state index in [1.54, 1.807) is 30.1 Å². The Morgan fingerprint density at radius 2 is 2.40 bits per heavy atom. The van der Waals surface area contributed by atoms with Gasteiger partial charge in [0.2, 0.25) is 5.91 Å². The zero-order valence-corrected chi connectivity index (χ0v) is 11.1. The van der Waals surface area contributed by atoms with Crippen molar-refractivity contribution in [3.63, 3.8) is 0 Å². The largest absolute Gasteiger partial charge is 0.365 e. The third-order valence-corrected chi connectivity index (χ3v) is 3.09. The van der Waals surface area contributed by atoms with Crippen LogP contribution in [0.15, 0.2) is 24.3 Å². The second kappa shape index (κ2) is 6.17. The summed E-state index contributed by atoms with van der Waals surface area (Å²) in [6.07, 6.45) is -0.208. The minimum Gasteiger partial charge on any atom is -0.365 e. The first-order valence-corrected chi connectivity index (χ1v) is 6.24. The van der Waals surface area contributed by atoms with Gasteiger partial charge in [0.15, 0.2) is 0 Å². The van der Waals surface area contributed by atoms with Crippen molar-refractivity contribution >= 4 is 11.8 Å². The maximum atomic E-state index is 11.9. The molecule has 2 amide bonds. The van der Waals surface area contributed by atoms with Crippen LogP contribution in [-0.4, -0.2) is 49.6 Å². The van der Waals surface area contributed by atoms with Crippen molar-refractivity contribution in [3.05, 3.63) is 35.4 Å². The Bertz CT molecular complexity index is 565. The number of carbonyl (C=O) groups is 2. The number of ether oxygens (including phenoxy) is 1. The van der Waals surface area contributed by atoms with Gasteiger partial charge in [0.1, 0.15) is 6.61 Å². The van der Waals surface area contributed by atoms with E-state index in [0.29, 0.717) is 24.2 Å². The first kappa shape index (κ1) is 14.0. The van der Waals surface area contributed by atoms with Crippen LogP contribution in [0.25, 0.3) is 0 Å². The smallest absolute Gasteiger partial charge is 0.251 e. The van der Waals surface area contributed by atoms with E-state index in [9.17, 15) is 9.59 Å². The molecule has 0 aliphatic carbocycles. The van der Waals surface area contributed by atoms with Crippen LogP contribution in [0.1, 0.15) is 15.9 Å². The fourth-order valence-corrected chi connectivity index (χ4v) is 1.92. The molecule has 0 spiro atoms. The van der Waals surface area contributed by atoms with E-state index in [1.165, 1.54) is 6.07 Å². The van der Waals surface area contributed by atoms with Crippen LogP contribution in [0, 0.1) is 11.3 Å². The molecule has 1 aromatic rings. The van der Waals surface area contributed by atoms with Crippen molar-refractivity contribution in [3.8, 4) is 6.07 Å². The Morgan fingerprint density at radius 1 is 1.60 bits per heavy atom. The first-order chi connectivity index (χ1) is 9.60. The van der Waals surface area contributed by atoms with Gasteiger partial charge in [0.05, 0.1) is 17.7 Å². The molecule has 1 saturated heterocycles. The summed E-state index contributed by atoms with van der Waals surface area (Å²) in [5, 5.41) is 11.5. The average molecular weight is 273 g/mol. The SMILES string of the molecule is CN1CC(CNC(=O)c2cccc(C#N)c2)OCC1=O. The van der Waals surface area contributed by atoms with Crippen molar-refractivity contribution in [1.82, 2.24) is 10.2 Å². The number of benzene rings is 1. The highest BCUT2D eigenvalue weighted by molar-refractivity contribution is 5.94. The highest BCUT2D eigenvalue weighted by atomic mass is 16.5. The summed E-state index contributed by atoms with van der Waals surface area (Å²) in [6.45, 7) is 0.825. The van der Waals surface area contributed by atoms with E-state index >= 15 is 0 Å². The third kappa shape index (κ3) is 3.33. The van der Waals surface area contributed by atoms with E-state index in [0.717, 1.165) is 0 Å². The lowest BCUT2D eigenvalue weighted by molar-refractivity contribution is -0.146. The molecular weight excluding hydrogens is 258 g/mol. The van der Waals surface area contributed by atoms with E-state index in [-0.39, 0.29) is 24.5 Å². The van der Waals surface area contributed by atoms with Crippen LogP contribution in [0.5, 0.6) is 0 Å². The number of morpholine rings is 1. The molecule has 0 aromatic heterocycles. The fourth-order valence-electron chi connectivity index (χ4n) is 1.92. The van der Waals surface area contributed by atoms with Gasteiger partial charge in [-0.2, -0.15) is 5.26 Å². The highest BCUT2D eigenvalue weighted by Gasteiger charge is 2.23. The molecule has 0 bridgehead atoms. The van der Waals surface area contributed by atoms with Gasteiger partial charge in [-0.3, -0.25) is 9.59 Å². The lowest BCUT2D eigenvalue weighted by Crippen LogP contribution is -2.48. The maximum Gasteiger partial charge on any atom is 0.251 e. The Morgan fingerprint density at radius 3 is 3.10 bits per heavy atom. The van der Waals surface area contributed by atoms with Gasteiger partial charge < -0.3 is 15.0 Å². The fraction of sp³-hybridized carbons (Fsp3) is 0.357. The third-order valence-electron chi connectivity index (χ3n) is 3.09. The molecule has 0 saturated carbocycles. The van der Waals surface area contributed by atoms with E-state index < -0.39 is 0 Å². The molecule has 6 heteroatoms. The summed E-state index contributed by atoms with van der Waals surface area (Å²) in [5.41, 5.74) is 0.876. The number of hydrogen-bond donors (Lipinski definition) is 1. The van der Waals surface area contributed by atoms with Gasteiger partial charge >= 0.3 is 0 Å². The quantitative estimate of drug-likeness (QED) is 0.849. The van der Waals surface area contributed by atoms with E-state index in [4.69, 9.17) is 10.00 Å². The Balaban J connectivity index is 1.89. The molecule has 1 heterocycles. The minimum absolute atomic E-state index is 0.0426. The summed E-state index contributed by atoms with van der Waals surface area (Å²) in [6, 6.07) is 8.47. The predicted octanol–water partition coefficient (Wildman–Crippen LogP) is 0.145.